The summed E-state index contributed by atoms with van der Waals surface area (Å²) in [6.07, 6.45) is -0.633. The van der Waals surface area contributed by atoms with Crippen molar-refractivity contribution in [2.75, 3.05) is 6.54 Å². The van der Waals surface area contributed by atoms with E-state index in [1.54, 1.807) is 12.1 Å². The molecular formula is C16H18FNO. The highest BCUT2D eigenvalue weighted by molar-refractivity contribution is 5.20. The van der Waals surface area contributed by atoms with Crippen LogP contribution in [0, 0.1) is 5.82 Å². The first-order valence-corrected chi connectivity index (χ1v) is 6.38. The van der Waals surface area contributed by atoms with Crippen molar-refractivity contribution in [3.63, 3.8) is 0 Å². The first-order chi connectivity index (χ1) is 9.16. The Kier molecular flexibility index (Phi) is 4.66. The highest BCUT2D eigenvalue weighted by Crippen LogP contribution is 2.15. The maximum absolute atomic E-state index is 12.8. The standard InChI is InChI=1S/C16H18FNO/c1-12(13-5-3-2-4-6-13)18-11-16(19)14-7-9-15(17)10-8-14/h2-10,12,16,18-19H,11H2,1H3/t12-,16?/m1/s1. The van der Waals surface area contributed by atoms with Crippen molar-refractivity contribution in [1.82, 2.24) is 5.32 Å². The van der Waals surface area contributed by atoms with Crippen LogP contribution in [0.3, 0.4) is 0 Å². The molecule has 0 aliphatic carbocycles. The summed E-state index contributed by atoms with van der Waals surface area (Å²) in [5.41, 5.74) is 1.89. The molecular weight excluding hydrogens is 241 g/mol. The first-order valence-electron chi connectivity index (χ1n) is 6.38. The second-order valence-corrected chi connectivity index (χ2v) is 4.61. The van der Waals surface area contributed by atoms with Gasteiger partial charge in [-0.3, -0.25) is 0 Å². The van der Waals surface area contributed by atoms with Crippen molar-refractivity contribution in [2.45, 2.75) is 19.1 Å². The number of aliphatic hydroxyl groups is 1. The lowest BCUT2D eigenvalue weighted by Gasteiger charge is -2.17. The molecule has 0 saturated carbocycles. The minimum atomic E-state index is -0.633. The molecule has 0 heterocycles. The summed E-state index contributed by atoms with van der Waals surface area (Å²) in [6.45, 7) is 2.48. The molecule has 2 aromatic rings. The zero-order valence-corrected chi connectivity index (χ0v) is 10.9. The Labute approximate surface area is 112 Å². The van der Waals surface area contributed by atoms with Crippen LogP contribution in [0.15, 0.2) is 54.6 Å². The number of hydrogen-bond donors (Lipinski definition) is 2. The fraction of sp³-hybridized carbons (Fsp3) is 0.250. The molecule has 0 aromatic heterocycles. The van der Waals surface area contributed by atoms with Crippen LogP contribution in [-0.2, 0) is 0 Å². The van der Waals surface area contributed by atoms with Crippen molar-refractivity contribution in [3.05, 3.63) is 71.5 Å². The Balaban J connectivity index is 1.90. The largest absolute Gasteiger partial charge is 0.387 e. The first kappa shape index (κ1) is 13.7. The van der Waals surface area contributed by atoms with E-state index in [2.05, 4.69) is 5.32 Å². The van der Waals surface area contributed by atoms with Gasteiger partial charge in [-0.25, -0.2) is 4.39 Å². The Bertz CT molecular complexity index is 498. The van der Waals surface area contributed by atoms with Crippen LogP contribution in [-0.4, -0.2) is 11.7 Å². The van der Waals surface area contributed by atoms with Gasteiger partial charge >= 0.3 is 0 Å². The summed E-state index contributed by atoms with van der Waals surface area (Å²) in [5.74, 6) is -0.290. The van der Waals surface area contributed by atoms with E-state index < -0.39 is 6.10 Å². The predicted octanol–water partition coefficient (Wildman–Crippen LogP) is 3.21. The molecule has 2 rings (SSSR count). The van der Waals surface area contributed by atoms with Crippen LogP contribution in [0.25, 0.3) is 0 Å². The molecule has 2 atom stereocenters. The molecule has 0 fully saturated rings. The van der Waals surface area contributed by atoms with Crippen molar-refractivity contribution in [2.24, 2.45) is 0 Å². The smallest absolute Gasteiger partial charge is 0.123 e. The molecule has 0 aliphatic rings. The summed E-state index contributed by atoms with van der Waals surface area (Å²) in [4.78, 5) is 0. The summed E-state index contributed by atoms with van der Waals surface area (Å²) < 4.78 is 12.8. The third-order valence-electron chi connectivity index (χ3n) is 3.17. The van der Waals surface area contributed by atoms with Crippen LogP contribution >= 0.6 is 0 Å². The number of hydrogen-bond acceptors (Lipinski definition) is 2. The maximum Gasteiger partial charge on any atom is 0.123 e. The summed E-state index contributed by atoms with van der Waals surface area (Å²) in [6, 6.07) is 16.1. The lowest BCUT2D eigenvalue weighted by atomic mass is 10.1. The quantitative estimate of drug-likeness (QED) is 0.864. The molecule has 0 aliphatic heterocycles. The van der Waals surface area contributed by atoms with E-state index in [0.717, 1.165) is 0 Å². The lowest BCUT2D eigenvalue weighted by molar-refractivity contribution is 0.170. The fourth-order valence-corrected chi connectivity index (χ4v) is 1.95. The van der Waals surface area contributed by atoms with Gasteiger partial charge in [0.15, 0.2) is 0 Å². The molecule has 0 bridgehead atoms. The second-order valence-electron chi connectivity index (χ2n) is 4.61. The van der Waals surface area contributed by atoms with Crippen molar-refractivity contribution < 1.29 is 9.50 Å². The molecule has 100 valence electrons. The Morgan fingerprint density at radius 3 is 2.26 bits per heavy atom. The minimum Gasteiger partial charge on any atom is -0.387 e. The summed E-state index contributed by atoms with van der Waals surface area (Å²) in [7, 11) is 0. The van der Waals surface area contributed by atoms with Gasteiger partial charge in [-0.1, -0.05) is 42.5 Å². The number of benzene rings is 2. The van der Waals surface area contributed by atoms with Gasteiger partial charge in [0.25, 0.3) is 0 Å². The van der Waals surface area contributed by atoms with E-state index >= 15 is 0 Å². The van der Waals surface area contributed by atoms with E-state index in [1.807, 2.05) is 37.3 Å². The van der Waals surface area contributed by atoms with Crippen molar-refractivity contribution in [1.29, 1.82) is 0 Å². The van der Waals surface area contributed by atoms with Gasteiger partial charge < -0.3 is 10.4 Å². The third-order valence-corrected chi connectivity index (χ3v) is 3.17. The van der Waals surface area contributed by atoms with Gasteiger partial charge in [0, 0.05) is 12.6 Å². The van der Waals surface area contributed by atoms with Crippen LogP contribution in [0.2, 0.25) is 0 Å². The predicted molar refractivity (Wildman–Crippen MR) is 74.2 cm³/mol. The van der Waals surface area contributed by atoms with E-state index in [4.69, 9.17) is 0 Å². The molecule has 3 heteroatoms. The summed E-state index contributed by atoms with van der Waals surface area (Å²) >= 11 is 0. The van der Waals surface area contributed by atoms with Crippen molar-refractivity contribution in [3.8, 4) is 0 Å². The van der Waals surface area contributed by atoms with E-state index in [9.17, 15) is 9.50 Å². The maximum atomic E-state index is 12.8. The molecule has 2 N–H and O–H groups in total. The molecule has 0 saturated heterocycles. The average Bonchev–Trinajstić information content (AvgIpc) is 2.46. The average molecular weight is 259 g/mol. The topological polar surface area (TPSA) is 32.3 Å². The van der Waals surface area contributed by atoms with Gasteiger partial charge in [0.05, 0.1) is 6.10 Å². The van der Waals surface area contributed by atoms with Crippen LogP contribution in [0.5, 0.6) is 0 Å². The zero-order chi connectivity index (χ0) is 13.7. The van der Waals surface area contributed by atoms with Gasteiger partial charge in [-0.15, -0.1) is 0 Å². The number of halogens is 1. The highest BCUT2D eigenvalue weighted by atomic mass is 19.1. The third kappa shape index (κ3) is 3.88. The minimum absolute atomic E-state index is 0.163. The van der Waals surface area contributed by atoms with Crippen LogP contribution < -0.4 is 5.32 Å². The van der Waals surface area contributed by atoms with E-state index in [-0.39, 0.29) is 11.9 Å². The summed E-state index contributed by atoms with van der Waals surface area (Å²) in [5, 5.41) is 13.3. The van der Waals surface area contributed by atoms with Crippen molar-refractivity contribution >= 4 is 0 Å². The Morgan fingerprint density at radius 2 is 1.63 bits per heavy atom. The van der Waals surface area contributed by atoms with Gasteiger partial charge in [-0.05, 0) is 30.2 Å². The number of nitrogens with one attached hydrogen (secondary N) is 1. The number of aliphatic hydroxyl groups excluding tert-OH is 1. The highest BCUT2D eigenvalue weighted by Gasteiger charge is 2.10. The molecule has 0 spiro atoms. The molecule has 2 nitrogen and oxygen atoms in total. The molecule has 19 heavy (non-hydrogen) atoms. The Morgan fingerprint density at radius 1 is 1.00 bits per heavy atom. The lowest BCUT2D eigenvalue weighted by Crippen LogP contribution is -2.24. The van der Waals surface area contributed by atoms with Gasteiger partial charge in [0.1, 0.15) is 5.82 Å². The zero-order valence-electron chi connectivity index (χ0n) is 10.9. The van der Waals surface area contributed by atoms with Gasteiger partial charge in [0.2, 0.25) is 0 Å². The second kappa shape index (κ2) is 6.45. The molecule has 0 amide bonds. The monoisotopic (exact) mass is 259 g/mol. The normalized spacial score (nSPS) is 14.1. The number of rotatable bonds is 5. The van der Waals surface area contributed by atoms with E-state index in [1.165, 1.54) is 17.7 Å². The molecule has 0 radical (unpaired) electrons. The van der Waals surface area contributed by atoms with Gasteiger partial charge in [-0.2, -0.15) is 0 Å². The SMILES string of the molecule is C[C@@H](NCC(O)c1ccc(F)cc1)c1ccccc1. The van der Waals surface area contributed by atoms with E-state index in [0.29, 0.717) is 12.1 Å². The van der Waals surface area contributed by atoms with Crippen LogP contribution in [0.1, 0.15) is 30.2 Å². The Hall–Kier alpha value is -1.71. The molecule has 2 aromatic carbocycles. The fourth-order valence-electron chi connectivity index (χ4n) is 1.95. The van der Waals surface area contributed by atoms with Crippen LogP contribution in [0.4, 0.5) is 4.39 Å². The molecule has 1 unspecified atom stereocenters.